The van der Waals surface area contributed by atoms with Gasteiger partial charge in [-0.15, -0.1) is 0 Å². The van der Waals surface area contributed by atoms with E-state index >= 15 is 0 Å². The predicted molar refractivity (Wildman–Crippen MR) is 136 cm³/mol. The average Bonchev–Trinajstić information content (AvgIpc) is 3.56. The van der Waals surface area contributed by atoms with Crippen LogP contribution in [0.15, 0.2) is 40.1 Å². The molecule has 0 aliphatic heterocycles. The largest absolute Gasteiger partial charge is 0.474 e. The normalized spacial score (nSPS) is 18.1. The fraction of sp³-hybridized carbons (Fsp3) is 0.440. The van der Waals surface area contributed by atoms with Gasteiger partial charge < -0.3 is 9.26 Å². The van der Waals surface area contributed by atoms with Crippen LogP contribution >= 0.6 is 0 Å². The molecule has 2 N–H and O–H groups in total. The highest BCUT2D eigenvalue weighted by Gasteiger charge is 2.29. The van der Waals surface area contributed by atoms with Gasteiger partial charge in [0.25, 0.3) is 0 Å². The number of primary sulfonamides is 1. The number of benzene rings is 1. The highest BCUT2D eigenvalue weighted by atomic mass is 32.2. The van der Waals surface area contributed by atoms with E-state index in [2.05, 4.69) is 25.2 Å². The fourth-order valence-corrected chi connectivity index (χ4v) is 5.13. The van der Waals surface area contributed by atoms with Crippen molar-refractivity contribution < 1.29 is 26.9 Å². The lowest BCUT2D eigenvalue weighted by Gasteiger charge is -2.26. The summed E-state index contributed by atoms with van der Waals surface area (Å²) in [6.45, 7) is 4.18. The van der Waals surface area contributed by atoms with E-state index in [1.54, 1.807) is 6.20 Å². The Balaban J connectivity index is 1.21. The number of halogens is 1. The van der Waals surface area contributed by atoms with Gasteiger partial charge in [-0.25, -0.2) is 32.6 Å². The molecule has 1 aromatic carbocycles. The first kappa shape index (κ1) is 26.8. The quantitative estimate of drug-likeness (QED) is 0.301. The van der Waals surface area contributed by atoms with E-state index in [4.69, 9.17) is 14.4 Å². The van der Waals surface area contributed by atoms with E-state index in [0.717, 1.165) is 49.7 Å². The number of hydrogen-bond donors (Lipinski definition) is 1. The SMILES string of the molecule is CC(C)c1noc(C2CCC(Oc3ncnc4c3cnn4CCC(=O)c3ccc(S(N)(=O)=O)cc3F)CC2)n1. The van der Waals surface area contributed by atoms with E-state index in [1.165, 1.54) is 11.0 Å². The van der Waals surface area contributed by atoms with Crippen molar-refractivity contribution in [3.05, 3.63) is 53.8 Å². The zero-order valence-corrected chi connectivity index (χ0v) is 22.3. The van der Waals surface area contributed by atoms with Gasteiger partial charge in [0.2, 0.25) is 21.8 Å². The smallest absolute Gasteiger partial charge is 0.238 e. The van der Waals surface area contributed by atoms with Crippen LogP contribution in [0.1, 0.15) is 79.9 Å². The van der Waals surface area contributed by atoms with Crippen LogP contribution in [0, 0.1) is 5.82 Å². The Hall–Kier alpha value is -3.78. The third-order valence-electron chi connectivity index (χ3n) is 6.79. The van der Waals surface area contributed by atoms with E-state index in [1.807, 2.05) is 13.8 Å². The second kappa shape index (κ2) is 10.8. The number of carbonyl (C=O) groups is 1. The van der Waals surface area contributed by atoms with Crippen molar-refractivity contribution in [1.82, 2.24) is 29.9 Å². The molecule has 206 valence electrons. The minimum absolute atomic E-state index is 0.0416. The number of carbonyl (C=O) groups excluding carboxylic acids is 1. The molecule has 0 radical (unpaired) electrons. The molecule has 5 rings (SSSR count). The third kappa shape index (κ3) is 5.81. The van der Waals surface area contributed by atoms with Gasteiger partial charge in [-0.1, -0.05) is 19.0 Å². The summed E-state index contributed by atoms with van der Waals surface area (Å²) in [5, 5.41) is 14.0. The molecule has 1 fully saturated rings. The summed E-state index contributed by atoms with van der Waals surface area (Å²) >= 11 is 0. The van der Waals surface area contributed by atoms with Gasteiger partial charge in [0.15, 0.2) is 17.3 Å². The Morgan fingerprint density at radius 1 is 1.23 bits per heavy atom. The van der Waals surface area contributed by atoms with Crippen LogP contribution in [0.25, 0.3) is 11.0 Å². The van der Waals surface area contributed by atoms with Gasteiger partial charge in [-0.2, -0.15) is 10.1 Å². The van der Waals surface area contributed by atoms with Crippen molar-refractivity contribution in [2.24, 2.45) is 5.14 Å². The van der Waals surface area contributed by atoms with Crippen LogP contribution in [0.3, 0.4) is 0 Å². The molecule has 3 aromatic heterocycles. The summed E-state index contributed by atoms with van der Waals surface area (Å²) in [5.74, 6) is 0.756. The Kier molecular flexibility index (Phi) is 7.40. The zero-order chi connectivity index (χ0) is 27.7. The van der Waals surface area contributed by atoms with Crippen molar-refractivity contribution in [3.63, 3.8) is 0 Å². The summed E-state index contributed by atoms with van der Waals surface area (Å²) in [6.07, 6.45) is 6.14. The first-order valence-electron chi connectivity index (χ1n) is 12.6. The van der Waals surface area contributed by atoms with E-state index in [-0.39, 0.29) is 36.5 Å². The number of fused-ring (bicyclic) bond motifs is 1. The molecule has 3 heterocycles. The number of ketones is 1. The first-order valence-corrected chi connectivity index (χ1v) is 14.2. The van der Waals surface area contributed by atoms with Gasteiger partial charge >= 0.3 is 0 Å². The van der Waals surface area contributed by atoms with Crippen LogP contribution in [0.4, 0.5) is 4.39 Å². The standard InChI is InChI=1S/C25H28FN7O5S/c1-14(2)22-31-24(38-32-22)15-3-5-16(6-4-15)37-25-19-12-30-33(23(19)28-13-29-25)10-9-21(34)18-8-7-17(11-20(18)26)39(27,35)36/h7-8,11-16H,3-6,9-10H2,1-2H3,(H2,27,35,36). The van der Waals surface area contributed by atoms with Gasteiger partial charge in [-0.3, -0.25) is 4.79 Å². The second-order valence-corrected chi connectivity index (χ2v) is 11.4. The summed E-state index contributed by atoms with van der Waals surface area (Å²) < 4.78 is 50.4. The lowest BCUT2D eigenvalue weighted by molar-refractivity contribution is 0.0972. The molecule has 0 unspecified atom stereocenters. The van der Waals surface area contributed by atoms with Crippen LogP contribution in [0.2, 0.25) is 0 Å². The van der Waals surface area contributed by atoms with E-state index < -0.39 is 26.5 Å². The molecule has 1 saturated carbocycles. The molecule has 0 spiro atoms. The minimum atomic E-state index is -4.07. The number of Topliss-reactive ketones (excluding diaryl/α,β-unsaturated/α-hetero) is 1. The molecule has 0 atom stereocenters. The van der Waals surface area contributed by atoms with Crippen molar-refractivity contribution in [3.8, 4) is 5.88 Å². The summed E-state index contributed by atoms with van der Waals surface area (Å²) in [6, 6.07) is 2.95. The molecule has 0 saturated heterocycles. The van der Waals surface area contributed by atoms with Crippen molar-refractivity contribution in [2.75, 3.05) is 0 Å². The van der Waals surface area contributed by atoms with Crippen molar-refractivity contribution in [1.29, 1.82) is 0 Å². The van der Waals surface area contributed by atoms with Gasteiger partial charge in [-0.05, 0) is 43.9 Å². The molecular formula is C25H28FN7O5S. The zero-order valence-electron chi connectivity index (χ0n) is 21.4. The molecule has 12 nitrogen and oxygen atoms in total. The first-order chi connectivity index (χ1) is 18.6. The number of nitrogens with zero attached hydrogens (tertiary/aromatic N) is 6. The fourth-order valence-electron chi connectivity index (χ4n) is 4.60. The van der Waals surface area contributed by atoms with Crippen LogP contribution < -0.4 is 9.88 Å². The molecule has 4 aromatic rings. The maximum absolute atomic E-state index is 14.4. The molecule has 0 bridgehead atoms. The maximum Gasteiger partial charge on any atom is 0.238 e. The van der Waals surface area contributed by atoms with E-state index in [0.29, 0.717) is 22.8 Å². The molecule has 14 heteroatoms. The number of hydrogen-bond acceptors (Lipinski definition) is 10. The van der Waals surface area contributed by atoms with Crippen LogP contribution in [-0.2, 0) is 16.6 Å². The molecule has 39 heavy (non-hydrogen) atoms. The lowest BCUT2D eigenvalue weighted by atomic mass is 9.87. The lowest BCUT2D eigenvalue weighted by Crippen LogP contribution is -2.24. The van der Waals surface area contributed by atoms with Gasteiger partial charge in [0.05, 0.1) is 23.2 Å². The Labute approximate surface area is 223 Å². The third-order valence-corrected chi connectivity index (χ3v) is 7.70. The number of aryl methyl sites for hydroxylation is 1. The highest BCUT2D eigenvalue weighted by molar-refractivity contribution is 7.89. The number of ether oxygens (including phenoxy) is 1. The predicted octanol–water partition coefficient (Wildman–Crippen LogP) is 3.50. The topological polar surface area (TPSA) is 169 Å². The number of rotatable bonds is 9. The van der Waals surface area contributed by atoms with Crippen LogP contribution in [0.5, 0.6) is 5.88 Å². The Bertz CT molecular complexity index is 1610. The Morgan fingerprint density at radius 3 is 2.67 bits per heavy atom. The highest BCUT2D eigenvalue weighted by Crippen LogP contribution is 2.35. The summed E-state index contributed by atoms with van der Waals surface area (Å²) in [5.41, 5.74) is 0.257. The van der Waals surface area contributed by atoms with E-state index in [9.17, 15) is 17.6 Å². The molecular weight excluding hydrogens is 529 g/mol. The molecule has 1 aliphatic carbocycles. The average molecular weight is 558 g/mol. The summed E-state index contributed by atoms with van der Waals surface area (Å²) in [7, 11) is -4.07. The van der Waals surface area contributed by atoms with Crippen molar-refractivity contribution in [2.45, 2.75) is 75.3 Å². The number of aromatic nitrogens is 6. The maximum atomic E-state index is 14.4. The Morgan fingerprint density at radius 2 is 2.00 bits per heavy atom. The number of nitrogens with two attached hydrogens (primary N) is 1. The van der Waals surface area contributed by atoms with Crippen molar-refractivity contribution >= 4 is 26.8 Å². The second-order valence-electron chi connectivity index (χ2n) is 9.88. The minimum Gasteiger partial charge on any atom is -0.474 e. The summed E-state index contributed by atoms with van der Waals surface area (Å²) in [4.78, 5) is 25.3. The van der Waals surface area contributed by atoms with Crippen LogP contribution in [-0.4, -0.2) is 50.2 Å². The van der Waals surface area contributed by atoms with Gasteiger partial charge in [0.1, 0.15) is 23.6 Å². The molecule has 1 aliphatic rings. The van der Waals surface area contributed by atoms with Gasteiger partial charge in [0, 0.05) is 18.3 Å². The number of sulfonamides is 1. The monoisotopic (exact) mass is 557 g/mol. The molecule has 0 amide bonds.